The first-order chi connectivity index (χ1) is 7.99. The number of likely N-dealkylation sites (tertiary alicyclic amines) is 1. The van der Waals surface area contributed by atoms with Crippen LogP contribution in [0, 0.1) is 5.41 Å². The molecule has 0 atom stereocenters. The highest BCUT2D eigenvalue weighted by Gasteiger charge is 2.30. The van der Waals surface area contributed by atoms with Crippen molar-refractivity contribution in [2.24, 2.45) is 11.1 Å². The third-order valence-electron chi connectivity index (χ3n) is 4.96. The van der Waals surface area contributed by atoms with Crippen LogP contribution in [0.4, 0.5) is 0 Å². The van der Waals surface area contributed by atoms with Crippen molar-refractivity contribution >= 4 is 0 Å². The van der Waals surface area contributed by atoms with Gasteiger partial charge in [0.25, 0.3) is 0 Å². The fourth-order valence-electron chi connectivity index (χ4n) is 3.41. The molecule has 0 aromatic rings. The van der Waals surface area contributed by atoms with E-state index in [4.69, 9.17) is 5.73 Å². The van der Waals surface area contributed by atoms with Gasteiger partial charge in [0.1, 0.15) is 0 Å². The molecule has 2 heteroatoms. The maximum Gasteiger partial charge on any atom is 0.0166 e. The normalized spacial score (nSPS) is 29.1. The summed E-state index contributed by atoms with van der Waals surface area (Å²) >= 11 is 0. The standard InChI is InChI=1S/C15H30N2/c1-14(2)6-5-11-17(12-9-14)13-10-15(16)7-3-4-8-15/h3-13,16H2,1-2H3. The van der Waals surface area contributed by atoms with Gasteiger partial charge in [-0.2, -0.15) is 0 Å². The predicted molar refractivity (Wildman–Crippen MR) is 74.1 cm³/mol. The first-order valence-corrected chi connectivity index (χ1v) is 7.51. The molecule has 0 spiro atoms. The lowest BCUT2D eigenvalue weighted by atomic mass is 9.85. The minimum atomic E-state index is 0.182. The minimum absolute atomic E-state index is 0.182. The molecule has 2 aliphatic rings. The summed E-state index contributed by atoms with van der Waals surface area (Å²) in [7, 11) is 0. The van der Waals surface area contributed by atoms with Crippen molar-refractivity contribution in [2.75, 3.05) is 19.6 Å². The summed E-state index contributed by atoms with van der Waals surface area (Å²) < 4.78 is 0. The predicted octanol–water partition coefficient (Wildman–Crippen LogP) is 3.16. The van der Waals surface area contributed by atoms with Gasteiger partial charge in [-0.1, -0.05) is 26.7 Å². The lowest BCUT2D eigenvalue weighted by Gasteiger charge is -2.28. The summed E-state index contributed by atoms with van der Waals surface area (Å²) in [5.74, 6) is 0. The van der Waals surface area contributed by atoms with Crippen molar-refractivity contribution in [3.05, 3.63) is 0 Å². The molecular formula is C15H30N2. The number of nitrogens with zero attached hydrogens (tertiary/aromatic N) is 1. The highest BCUT2D eigenvalue weighted by atomic mass is 15.1. The SMILES string of the molecule is CC1(C)CCCN(CCC2(N)CCCC2)CC1. The van der Waals surface area contributed by atoms with Gasteiger partial charge >= 0.3 is 0 Å². The van der Waals surface area contributed by atoms with E-state index in [1.165, 1.54) is 71.0 Å². The van der Waals surface area contributed by atoms with Gasteiger partial charge in [0.05, 0.1) is 0 Å². The van der Waals surface area contributed by atoms with Crippen molar-refractivity contribution < 1.29 is 0 Å². The Balaban J connectivity index is 1.75. The Morgan fingerprint density at radius 2 is 1.65 bits per heavy atom. The van der Waals surface area contributed by atoms with Gasteiger partial charge in [0, 0.05) is 5.54 Å². The van der Waals surface area contributed by atoms with Gasteiger partial charge < -0.3 is 10.6 Å². The highest BCUT2D eigenvalue weighted by molar-refractivity contribution is 4.90. The average Bonchev–Trinajstić information content (AvgIpc) is 2.61. The van der Waals surface area contributed by atoms with Crippen LogP contribution in [-0.4, -0.2) is 30.1 Å². The van der Waals surface area contributed by atoms with E-state index in [9.17, 15) is 0 Å². The largest absolute Gasteiger partial charge is 0.325 e. The molecule has 0 aromatic carbocycles. The zero-order valence-electron chi connectivity index (χ0n) is 11.8. The van der Waals surface area contributed by atoms with E-state index >= 15 is 0 Å². The lowest BCUT2D eigenvalue weighted by molar-refractivity contribution is 0.234. The average molecular weight is 238 g/mol. The Hall–Kier alpha value is -0.0800. The molecule has 17 heavy (non-hydrogen) atoms. The summed E-state index contributed by atoms with van der Waals surface area (Å²) in [4.78, 5) is 2.65. The number of hydrogen-bond donors (Lipinski definition) is 1. The third kappa shape index (κ3) is 3.96. The fourth-order valence-corrected chi connectivity index (χ4v) is 3.41. The zero-order chi connectivity index (χ0) is 12.4. The summed E-state index contributed by atoms with van der Waals surface area (Å²) in [6.07, 6.45) is 10.5. The van der Waals surface area contributed by atoms with E-state index in [-0.39, 0.29) is 5.54 Å². The summed E-state index contributed by atoms with van der Waals surface area (Å²) in [5, 5.41) is 0. The van der Waals surface area contributed by atoms with Crippen LogP contribution in [0.3, 0.4) is 0 Å². The van der Waals surface area contributed by atoms with Crippen LogP contribution in [0.2, 0.25) is 0 Å². The van der Waals surface area contributed by atoms with Gasteiger partial charge in [0.15, 0.2) is 0 Å². The summed E-state index contributed by atoms with van der Waals surface area (Å²) in [5.41, 5.74) is 7.18. The van der Waals surface area contributed by atoms with Gasteiger partial charge in [0.2, 0.25) is 0 Å². The molecule has 0 aromatic heterocycles. The Morgan fingerprint density at radius 1 is 0.941 bits per heavy atom. The molecule has 0 unspecified atom stereocenters. The van der Waals surface area contributed by atoms with E-state index in [0.717, 1.165) is 0 Å². The van der Waals surface area contributed by atoms with Crippen LogP contribution in [0.1, 0.15) is 65.2 Å². The first-order valence-electron chi connectivity index (χ1n) is 7.51. The van der Waals surface area contributed by atoms with Gasteiger partial charge in [-0.3, -0.25) is 0 Å². The topological polar surface area (TPSA) is 29.3 Å². The highest BCUT2D eigenvalue weighted by Crippen LogP contribution is 2.32. The number of hydrogen-bond acceptors (Lipinski definition) is 2. The zero-order valence-corrected chi connectivity index (χ0v) is 11.8. The Bertz CT molecular complexity index is 241. The molecular weight excluding hydrogens is 208 g/mol. The maximum atomic E-state index is 6.44. The van der Waals surface area contributed by atoms with Gasteiger partial charge in [-0.25, -0.2) is 0 Å². The fraction of sp³-hybridized carbons (Fsp3) is 1.00. The maximum absolute atomic E-state index is 6.44. The number of rotatable bonds is 3. The smallest absolute Gasteiger partial charge is 0.0166 e. The molecule has 2 rings (SSSR count). The van der Waals surface area contributed by atoms with Crippen molar-refractivity contribution in [3.63, 3.8) is 0 Å². The molecule has 2 fully saturated rings. The van der Waals surface area contributed by atoms with Crippen LogP contribution in [0.5, 0.6) is 0 Å². The molecule has 1 aliphatic heterocycles. The second-order valence-electron chi connectivity index (χ2n) is 7.18. The second-order valence-corrected chi connectivity index (χ2v) is 7.18. The molecule has 100 valence electrons. The van der Waals surface area contributed by atoms with E-state index in [1.807, 2.05) is 0 Å². The Morgan fingerprint density at radius 3 is 2.35 bits per heavy atom. The van der Waals surface area contributed by atoms with Crippen LogP contribution < -0.4 is 5.73 Å². The molecule has 0 amide bonds. The van der Waals surface area contributed by atoms with Crippen LogP contribution >= 0.6 is 0 Å². The van der Waals surface area contributed by atoms with Crippen molar-refractivity contribution in [3.8, 4) is 0 Å². The lowest BCUT2D eigenvalue weighted by Crippen LogP contribution is -2.40. The monoisotopic (exact) mass is 238 g/mol. The van der Waals surface area contributed by atoms with Crippen LogP contribution in [0.15, 0.2) is 0 Å². The van der Waals surface area contributed by atoms with E-state index in [2.05, 4.69) is 18.7 Å². The molecule has 2 N–H and O–H groups in total. The molecule has 0 bridgehead atoms. The van der Waals surface area contributed by atoms with E-state index in [0.29, 0.717) is 5.41 Å². The Kier molecular flexibility index (Phi) is 4.14. The Labute approximate surface area is 107 Å². The molecule has 2 nitrogen and oxygen atoms in total. The minimum Gasteiger partial charge on any atom is -0.325 e. The van der Waals surface area contributed by atoms with Gasteiger partial charge in [-0.05, 0) is 63.6 Å². The number of nitrogens with two attached hydrogens (primary N) is 1. The molecule has 1 heterocycles. The summed E-state index contributed by atoms with van der Waals surface area (Å²) in [6.45, 7) is 8.63. The first kappa shape index (κ1) is 13.4. The van der Waals surface area contributed by atoms with Crippen molar-refractivity contribution in [1.82, 2.24) is 4.90 Å². The van der Waals surface area contributed by atoms with Crippen LogP contribution in [0.25, 0.3) is 0 Å². The quantitative estimate of drug-likeness (QED) is 0.818. The van der Waals surface area contributed by atoms with E-state index < -0.39 is 0 Å². The summed E-state index contributed by atoms with van der Waals surface area (Å²) in [6, 6.07) is 0. The van der Waals surface area contributed by atoms with Crippen molar-refractivity contribution in [2.45, 2.75) is 70.8 Å². The van der Waals surface area contributed by atoms with Gasteiger partial charge in [-0.15, -0.1) is 0 Å². The molecule has 1 saturated heterocycles. The molecule has 1 aliphatic carbocycles. The molecule has 0 radical (unpaired) electrons. The van der Waals surface area contributed by atoms with Crippen molar-refractivity contribution in [1.29, 1.82) is 0 Å². The van der Waals surface area contributed by atoms with E-state index in [1.54, 1.807) is 0 Å². The molecule has 1 saturated carbocycles. The van der Waals surface area contributed by atoms with Crippen LogP contribution in [-0.2, 0) is 0 Å². The third-order valence-corrected chi connectivity index (χ3v) is 4.96. The second kappa shape index (κ2) is 5.27.